The Morgan fingerprint density at radius 3 is 2.60 bits per heavy atom. The first-order chi connectivity index (χ1) is 9.58. The Hall–Kier alpha value is -1.53. The fraction of sp³-hybridized carbons (Fsp3) is 0.500. The zero-order chi connectivity index (χ0) is 14.5. The van der Waals surface area contributed by atoms with Crippen LogP contribution in [0.3, 0.4) is 0 Å². The van der Waals surface area contributed by atoms with Crippen molar-refractivity contribution >= 4 is 5.91 Å². The van der Waals surface area contributed by atoms with Crippen LogP contribution in [0.5, 0.6) is 0 Å². The normalized spacial score (nSPS) is 21.9. The molecule has 3 N–H and O–H groups in total. The van der Waals surface area contributed by atoms with Gasteiger partial charge in [-0.15, -0.1) is 0 Å². The maximum Gasteiger partial charge on any atom is 0.249 e. The van der Waals surface area contributed by atoms with E-state index in [9.17, 15) is 13.6 Å². The van der Waals surface area contributed by atoms with Gasteiger partial charge >= 0.3 is 0 Å². The number of carbonyl (C=O) groups is 1. The van der Waals surface area contributed by atoms with Gasteiger partial charge in [0.1, 0.15) is 17.7 Å². The highest BCUT2D eigenvalue weighted by molar-refractivity contribution is 5.81. The lowest BCUT2D eigenvalue weighted by Crippen LogP contribution is -2.36. The molecule has 1 amide bonds. The Morgan fingerprint density at radius 2 is 2.00 bits per heavy atom. The highest BCUT2D eigenvalue weighted by atomic mass is 19.1. The van der Waals surface area contributed by atoms with E-state index >= 15 is 0 Å². The Bertz CT molecular complexity index is 462. The summed E-state index contributed by atoms with van der Waals surface area (Å²) in [7, 11) is 0. The van der Waals surface area contributed by atoms with Gasteiger partial charge < -0.3 is 15.8 Å². The van der Waals surface area contributed by atoms with Crippen LogP contribution in [-0.2, 0) is 16.0 Å². The minimum Gasteiger partial charge on any atom is -0.364 e. The van der Waals surface area contributed by atoms with E-state index in [1.54, 1.807) is 0 Å². The van der Waals surface area contributed by atoms with Gasteiger partial charge in [-0.05, 0) is 37.0 Å². The van der Waals surface area contributed by atoms with Gasteiger partial charge in [0.2, 0.25) is 5.91 Å². The number of halogens is 2. The first kappa shape index (κ1) is 14.9. The quantitative estimate of drug-likeness (QED) is 0.852. The molecule has 1 aliphatic rings. The molecule has 110 valence electrons. The molecule has 1 fully saturated rings. The Kier molecular flexibility index (Phi) is 5.03. The minimum atomic E-state index is -0.615. The van der Waals surface area contributed by atoms with E-state index in [2.05, 4.69) is 5.32 Å². The van der Waals surface area contributed by atoms with Crippen LogP contribution in [0.4, 0.5) is 8.78 Å². The second kappa shape index (κ2) is 6.76. The van der Waals surface area contributed by atoms with E-state index < -0.39 is 17.7 Å². The zero-order valence-electron chi connectivity index (χ0n) is 11.1. The summed E-state index contributed by atoms with van der Waals surface area (Å²) >= 11 is 0. The smallest absolute Gasteiger partial charge is 0.249 e. The van der Waals surface area contributed by atoms with Crippen LogP contribution in [0, 0.1) is 11.6 Å². The highest BCUT2D eigenvalue weighted by Crippen LogP contribution is 2.18. The number of nitrogens with two attached hydrogens (primary N) is 1. The van der Waals surface area contributed by atoms with Crippen LogP contribution in [0.1, 0.15) is 18.4 Å². The molecule has 0 radical (unpaired) electrons. The number of benzene rings is 1. The van der Waals surface area contributed by atoms with E-state index in [-0.39, 0.29) is 12.0 Å². The molecular formula is C14H18F2N2O2. The highest BCUT2D eigenvalue weighted by Gasteiger charge is 2.29. The Morgan fingerprint density at radius 1 is 1.30 bits per heavy atom. The fourth-order valence-electron chi connectivity index (χ4n) is 2.27. The molecule has 1 heterocycles. The second-order valence-corrected chi connectivity index (χ2v) is 4.88. The topological polar surface area (TPSA) is 64.4 Å². The summed E-state index contributed by atoms with van der Waals surface area (Å²) in [6, 6.07) is 3.33. The molecular weight excluding hydrogens is 266 g/mol. The molecule has 1 saturated heterocycles. The van der Waals surface area contributed by atoms with E-state index in [0.29, 0.717) is 31.5 Å². The number of hydrogen-bond acceptors (Lipinski definition) is 3. The van der Waals surface area contributed by atoms with Crippen molar-refractivity contribution < 1.29 is 18.3 Å². The van der Waals surface area contributed by atoms with E-state index in [1.165, 1.54) is 12.1 Å². The fourth-order valence-corrected chi connectivity index (χ4v) is 2.27. The van der Waals surface area contributed by atoms with Crippen LogP contribution in [-0.4, -0.2) is 31.2 Å². The summed E-state index contributed by atoms with van der Waals surface area (Å²) in [6.45, 7) is 0.723. The Labute approximate surface area is 116 Å². The molecule has 0 saturated carbocycles. The lowest BCUT2D eigenvalue weighted by atomic mass is 10.1. The Balaban J connectivity index is 1.77. The molecule has 6 heteroatoms. The van der Waals surface area contributed by atoms with E-state index in [1.807, 2.05) is 0 Å². The average Bonchev–Trinajstić information content (AvgIpc) is 2.86. The third kappa shape index (κ3) is 3.98. The lowest BCUT2D eigenvalue weighted by molar-refractivity contribution is -0.131. The van der Waals surface area contributed by atoms with Crippen molar-refractivity contribution in [2.45, 2.75) is 31.5 Å². The molecule has 1 aromatic carbocycles. The SMILES string of the molecule is NC[C@H]1CC[C@@H](C(=O)NCCc2cc(F)cc(F)c2)O1. The van der Waals surface area contributed by atoms with Gasteiger partial charge in [-0.1, -0.05) is 0 Å². The van der Waals surface area contributed by atoms with E-state index in [4.69, 9.17) is 10.5 Å². The van der Waals surface area contributed by atoms with Crippen LogP contribution >= 0.6 is 0 Å². The maximum atomic E-state index is 13.0. The van der Waals surface area contributed by atoms with Gasteiger partial charge in [0, 0.05) is 19.2 Å². The van der Waals surface area contributed by atoms with Crippen molar-refractivity contribution in [3.63, 3.8) is 0 Å². The third-order valence-corrected chi connectivity index (χ3v) is 3.30. The first-order valence-electron chi connectivity index (χ1n) is 6.66. The van der Waals surface area contributed by atoms with Crippen LogP contribution in [0.15, 0.2) is 18.2 Å². The molecule has 1 aliphatic heterocycles. The summed E-state index contributed by atoms with van der Waals surface area (Å²) in [6.07, 6.45) is 1.29. The van der Waals surface area contributed by atoms with Gasteiger partial charge in [0.25, 0.3) is 0 Å². The van der Waals surface area contributed by atoms with Gasteiger partial charge in [-0.3, -0.25) is 4.79 Å². The standard InChI is InChI=1S/C14H18F2N2O2/c15-10-5-9(6-11(16)7-10)3-4-18-14(19)13-2-1-12(8-17)20-13/h5-7,12-13H,1-4,8,17H2,(H,18,19)/t12-,13+/m1/s1. The van der Waals surface area contributed by atoms with Gasteiger partial charge in [-0.25, -0.2) is 8.78 Å². The van der Waals surface area contributed by atoms with Crippen molar-refractivity contribution in [1.29, 1.82) is 0 Å². The summed E-state index contributed by atoms with van der Waals surface area (Å²) in [5.41, 5.74) is 5.98. The molecule has 0 aromatic heterocycles. The van der Waals surface area contributed by atoms with Crippen LogP contribution in [0.2, 0.25) is 0 Å². The van der Waals surface area contributed by atoms with Gasteiger partial charge in [0.05, 0.1) is 6.10 Å². The number of amides is 1. The van der Waals surface area contributed by atoms with Crippen LogP contribution in [0.25, 0.3) is 0 Å². The molecule has 0 spiro atoms. The lowest BCUT2D eigenvalue weighted by Gasteiger charge is -2.12. The van der Waals surface area contributed by atoms with Crippen molar-refractivity contribution in [2.24, 2.45) is 5.73 Å². The maximum absolute atomic E-state index is 13.0. The molecule has 20 heavy (non-hydrogen) atoms. The monoisotopic (exact) mass is 284 g/mol. The summed E-state index contributed by atoms with van der Waals surface area (Å²) in [4.78, 5) is 11.8. The van der Waals surface area contributed by atoms with Gasteiger partial charge in [-0.2, -0.15) is 0 Å². The summed E-state index contributed by atoms with van der Waals surface area (Å²) in [5, 5.41) is 2.71. The molecule has 2 atom stereocenters. The summed E-state index contributed by atoms with van der Waals surface area (Å²) in [5.74, 6) is -1.43. The summed E-state index contributed by atoms with van der Waals surface area (Å²) < 4.78 is 31.4. The third-order valence-electron chi connectivity index (χ3n) is 3.30. The molecule has 4 nitrogen and oxygen atoms in total. The molecule has 2 rings (SSSR count). The minimum absolute atomic E-state index is 0.0527. The van der Waals surface area contributed by atoms with Crippen molar-refractivity contribution in [3.8, 4) is 0 Å². The number of hydrogen-bond donors (Lipinski definition) is 2. The number of rotatable bonds is 5. The van der Waals surface area contributed by atoms with E-state index in [0.717, 1.165) is 12.5 Å². The largest absolute Gasteiger partial charge is 0.364 e. The number of carbonyl (C=O) groups excluding carboxylic acids is 1. The van der Waals surface area contributed by atoms with Crippen LogP contribution < -0.4 is 11.1 Å². The number of nitrogens with one attached hydrogen (secondary N) is 1. The molecule has 0 aliphatic carbocycles. The zero-order valence-corrected chi connectivity index (χ0v) is 11.1. The molecule has 1 aromatic rings. The van der Waals surface area contributed by atoms with Gasteiger partial charge in [0.15, 0.2) is 0 Å². The molecule has 0 unspecified atom stereocenters. The predicted octanol–water partition coefficient (Wildman–Crippen LogP) is 1.13. The van der Waals surface area contributed by atoms with Crippen molar-refractivity contribution in [1.82, 2.24) is 5.32 Å². The molecule has 0 bridgehead atoms. The predicted molar refractivity (Wildman–Crippen MR) is 70.0 cm³/mol. The second-order valence-electron chi connectivity index (χ2n) is 4.88. The van der Waals surface area contributed by atoms with Crippen molar-refractivity contribution in [3.05, 3.63) is 35.4 Å². The average molecular weight is 284 g/mol. The van der Waals surface area contributed by atoms with Crippen molar-refractivity contribution in [2.75, 3.05) is 13.1 Å². The first-order valence-corrected chi connectivity index (χ1v) is 6.66. The number of ether oxygens (including phenoxy) is 1.